The van der Waals surface area contributed by atoms with E-state index in [-0.39, 0.29) is 24.6 Å². The van der Waals surface area contributed by atoms with Gasteiger partial charge < -0.3 is 24.8 Å². The summed E-state index contributed by atoms with van der Waals surface area (Å²) < 4.78 is 15.9. The molecule has 0 radical (unpaired) electrons. The van der Waals surface area contributed by atoms with Gasteiger partial charge in [-0.2, -0.15) is 0 Å². The lowest BCUT2D eigenvalue weighted by Gasteiger charge is -2.19. The lowest BCUT2D eigenvalue weighted by molar-refractivity contribution is -0.120. The molecule has 2 N–H and O–H groups in total. The number of ether oxygens (including phenoxy) is 3. The summed E-state index contributed by atoms with van der Waals surface area (Å²) in [7, 11) is 2.97. The van der Waals surface area contributed by atoms with E-state index in [1.807, 2.05) is 43.3 Å². The number of alkyl carbamates (subject to hydrolysis) is 1. The van der Waals surface area contributed by atoms with E-state index in [1.165, 1.54) is 21.1 Å². The first-order valence-corrected chi connectivity index (χ1v) is 13.8. The first-order chi connectivity index (χ1) is 20.2. The highest BCUT2D eigenvalue weighted by Crippen LogP contribution is 2.22. The Labute approximate surface area is 246 Å². The zero-order chi connectivity index (χ0) is 30.5. The fourth-order valence-corrected chi connectivity index (χ4v) is 4.45. The second-order valence-corrected chi connectivity index (χ2v) is 9.95. The Balaban J connectivity index is 1.64. The number of hydrogen-bond donors (Lipinski definition) is 2. The van der Waals surface area contributed by atoms with Gasteiger partial charge in [0, 0.05) is 13.0 Å². The van der Waals surface area contributed by atoms with Gasteiger partial charge in [0.25, 0.3) is 5.91 Å². The van der Waals surface area contributed by atoms with Crippen LogP contribution in [0.5, 0.6) is 11.5 Å². The zero-order valence-electron chi connectivity index (χ0n) is 24.5. The molecule has 0 saturated heterocycles. The molecular weight excluding hydrogens is 536 g/mol. The van der Waals surface area contributed by atoms with Crippen LogP contribution < -0.4 is 20.1 Å². The molecule has 9 heteroatoms. The highest BCUT2D eigenvalue weighted by atomic mass is 16.5. The number of Topliss-reactive ketones (excluding diaryl/α,β-unsaturated/α-hetero) is 2. The van der Waals surface area contributed by atoms with Gasteiger partial charge in [-0.1, -0.05) is 48.0 Å². The van der Waals surface area contributed by atoms with Gasteiger partial charge in [-0.05, 0) is 68.5 Å². The van der Waals surface area contributed by atoms with Crippen LogP contribution >= 0.6 is 0 Å². The van der Waals surface area contributed by atoms with Crippen LogP contribution in [0.15, 0.2) is 66.7 Å². The van der Waals surface area contributed by atoms with Crippen LogP contribution in [0.4, 0.5) is 4.79 Å². The van der Waals surface area contributed by atoms with Gasteiger partial charge >= 0.3 is 6.09 Å². The minimum absolute atomic E-state index is 0.0181. The molecule has 0 aromatic heterocycles. The summed E-state index contributed by atoms with van der Waals surface area (Å²) in [6.07, 6.45) is 0.985. The molecule has 0 saturated carbocycles. The van der Waals surface area contributed by atoms with Crippen molar-refractivity contribution in [3.05, 3.63) is 94.5 Å². The number of benzene rings is 3. The minimum Gasteiger partial charge on any atom is -0.496 e. The largest absolute Gasteiger partial charge is 0.496 e. The summed E-state index contributed by atoms with van der Waals surface area (Å²) in [6.45, 7) is 3.84. The molecular formula is C33H38N2O7. The number of unbranched alkanes of at least 4 members (excludes halogenated alkanes) is 1. The van der Waals surface area contributed by atoms with Gasteiger partial charge in [-0.3, -0.25) is 14.4 Å². The maximum atomic E-state index is 13.5. The standard InChI is InChI=1S/C33H38N2O7/c1-22-13-15-31(41-4)27(18-22)32(38)35-28(29(37)20-25-14-16-30(40-3)26(19-25)23(2)36)12-8-9-17-34-33(39)42-21-24-10-6-5-7-11-24/h5-7,10-11,13-16,18-19,28H,8-9,12,17,20-21H2,1-4H3,(H,34,39)(H,35,38)/t28-/m0/s1. The summed E-state index contributed by atoms with van der Waals surface area (Å²) in [6, 6.07) is 18.9. The molecule has 3 aromatic rings. The van der Waals surface area contributed by atoms with E-state index in [1.54, 1.807) is 30.3 Å². The smallest absolute Gasteiger partial charge is 0.407 e. The fraction of sp³-hybridized carbons (Fsp3) is 0.333. The van der Waals surface area contributed by atoms with Crippen LogP contribution in [0.25, 0.3) is 0 Å². The Hall–Kier alpha value is -4.66. The predicted octanol–water partition coefficient (Wildman–Crippen LogP) is 5.22. The Bertz CT molecular complexity index is 1390. The molecule has 0 bridgehead atoms. The van der Waals surface area contributed by atoms with Crippen molar-refractivity contribution in [2.24, 2.45) is 0 Å². The number of methoxy groups -OCH3 is 2. The molecule has 1 atom stereocenters. The van der Waals surface area contributed by atoms with Crippen LogP contribution in [0, 0.1) is 6.92 Å². The Kier molecular flexibility index (Phi) is 12.1. The normalized spacial score (nSPS) is 11.2. The summed E-state index contributed by atoms with van der Waals surface area (Å²) in [5.74, 6) is 0.0431. The van der Waals surface area contributed by atoms with Crippen LogP contribution in [0.3, 0.4) is 0 Å². The van der Waals surface area contributed by atoms with E-state index in [0.29, 0.717) is 54.0 Å². The van der Waals surface area contributed by atoms with Gasteiger partial charge in [0.05, 0.1) is 31.4 Å². The van der Waals surface area contributed by atoms with Crippen LogP contribution in [0.1, 0.15) is 63.6 Å². The molecule has 0 spiro atoms. The maximum Gasteiger partial charge on any atom is 0.407 e. The summed E-state index contributed by atoms with van der Waals surface area (Å²) in [4.78, 5) is 50.9. The molecule has 222 valence electrons. The van der Waals surface area contributed by atoms with Gasteiger partial charge in [0.15, 0.2) is 11.6 Å². The van der Waals surface area contributed by atoms with Crippen molar-refractivity contribution in [1.29, 1.82) is 0 Å². The summed E-state index contributed by atoms with van der Waals surface area (Å²) >= 11 is 0. The number of hydrogen-bond acceptors (Lipinski definition) is 7. The zero-order valence-corrected chi connectivity index (χ0v) is 24.5. The second kappa shape index (κ2) is 16.0. The minimum atomic E-state index is -0.796. The number of amides is 2. The number of rotatable bonds is 15. The monoisotopic (exact) mass is 574 g/mol. The number of nitrogens with one attached hydrogen (secondary N) is 2. The van der Waals surface area contributed by atoms with Crippen LogP contribution in [-0.4, -0.2) is 50.4 Å². The summed E-state index contributed by atoms with van der Waals surface area (Å²) in [5.41, 5.74) is 3.13. The quantitative estimate of drug-likeness (QED) is 0.189. The van der Waals surface area contributed by atoms with Crippen LogP contribution in [0.2, 0.25) is 0 Å². The highest BCUT2D eigenvalue weighted by Gasteiger charge is 2.24. The van der Waals surface area contributed by atoms with Crippen molar-refractivity contribution in [3.63, 3.8) is 0 Å². The maximum absolute atomic E-state index is 13.5. The third-order valence-electron chi connectivity index (χ3n) is 6.72. The van der Waals surface area contributed by atoms with Crippen molar-refractivity contribution in [2.45, 2.75) is 52.2 Å². The average molecular weight is 575 g/mol. The first kappa shape index (κ1) is 31.9. The van der Waals surface area contributed by atoms with Crippen LogP contribution in [-0.2, 0) is 22.6 Å². The Morgan fingerprint density at radius 1 is 0.810 bits per heavy atom. The molecule has 2 amide bonds. The molecule has 0 unspecified atom stereocenters. The molecule has 0 aliphatic heterocycles. The van der Waals surface area contributed by atoms with Crippen molar-refractivity contribution >= 4 is 23.6 Å². The van der Waals surface area contributed by atoms with E-state index in [0.717, 1.165) is 11.1 Å². The number of carbonyl (C=O) groups is 4. The SMILES string of the molecule is COc1ccc(CC(=O)[C@H](CCCCNC(=O)OCc2ccccc2)NC(=O)c2cc(C)ccc2OC)cc1C(C)=O. The number of carbonyl (C=O) groups excluding carboxylic acids is 4. The topological polar surface area (TPSA) is 120 Å². The van der Waals surface area contributed by atoms with Crippen molar-refractivity contribution in [1.82, 2.24) is 10.6 Å². The Morgan fingerprint density at radius 3 is 2.19 bits per heavy atom. The molecule has 0 fully saturated rings. The predicted molar refractivity (Wildman–Crippen MR) is 159 cm³/mol. The van der Waals surface area contributed by atoms with Gasteiger partial charge in [-0.15, -0.1) is 0 Å². The lowest BCUT2D eigenvalue weighted by atomic mass is 9.96. The molecule has 0 aliphatic carbocycles. The van der Waals surface area contributed by atoms with E-state index in [4.69, 9.17) is 14.2 Å². The molecule has 3 aromatic carbocycles. The van der Waals surface area contributed by atoms with Crippen molar-refractivity contribution in [3.8, 4) is 11.5 Å². The lowest BCUT2D eigenvalue weighted by Crippen LogP contribution is -2.42. The first-order valence-electron chi connectivity index (χ1n) is 13.8. The third kappa shape index (κ3) is 9.47. The molecule has 0 heterocycles. The summed E-state index contributed by atoms with van der Waals surface area (Å²) in [5, 5.41) is 5.60. The van der Waals surface area contributed by atoms with E-state index in [9.17, 15) is 19.2 Å². The molecule has 3 rings (SSSR count). The number of ketones is 2. The second-order valence-electron chi connectivity index (χ2n) is 9.95. The van der Waals surface area contributed by atoms with E-state index < -0.39 is 18.0 Å². The van der Waals surface area contributed by atoms with Gasteiger partial charge in [0.2, 0.25) is 0 Å². The number of aryl methyl sites for hydroxylation is 1. The average Bonchev–Trinajstić information content (AvgIpc) is 2.99. The van der Waals surface area contributed by atoms with E-state index in [2.05, 4.69) is 10.6 Å². The fourth-order valence-electron chi connectivity index (χ4n) is 4.45. The van der Waals surface area contributed by atoms with E-state index >= 15 is 0 Å². The van der Waals surface area contributed by atoms with Crippen molar-refractivity contribution < 1.29 is 33.4 Å². The van der Waals surface area contributed by atoms with Gasteiger partial charge in [-0.25, -0.2) is 4.79 Å². The molecule has 9 nitrogen and oxygen atoms in total. The Morgan fingerprint density at radius 2 is 1.50 bits per heavy atom. The highest BCUT2D eigenvalue weighted by molar-refractivity contribution is 6.01. The third-order valence-corrected chi connectivity index (χ3v) is 6.72. The molecule has 0 aliphatic rings. The van der Waals surface area contributed by atoms with Crippen molar-refractivity contribution in [2.75, 3.05) is 20.8 Å². The molecule has 42 heavy (non-hydrogen) atoms. The van der Waals surface area contributed by atoms with Gasteiger partial charge in [0.1, 0.15) is 18.1 Å².